The Morgan fingerprint density at radius 2 is 2.00 bits per heavy atom. The molecule has 2 heterocycles. The second-order valence-electron chi connectivity index (χ2n) is 5.43. The van der Waals surface area contributed by atoms with Crippen molar-refractivity contribution in [2.75, 3.05) is 19.7 Å². The van der Waals surface area contributed by atoms with E-state index in [4.69, 9.17) is 4.74 Å². The van der Waals surface area contributed by atoms with Gasteiger partial charge in [-0.05, 0) is 18.6 Å². The number of para-hydroxylation sites is 1. The highest BCUT2D eigenvalue weighted by Crippen LogP contribution is 2.24. The van der Waals surface area contributed by atoms with E-state index in [1.54, 1.807) is 4.90 Å². The molecule has 1 aromatic carbocycles. The fraction of sp³-hybridized carbons (Fsp3) is 0.312. The van der Waals surface area contributed by atoms with Gasteiger partial charge in [0.05, 0.1) is 12.1 Å². The number of rotatable bonds is 4. The molecule has 1 fully saturated rings. The molecule has 1 aromatic heterocycles. The first-order valence-electron chi connectivity index (χ1n) is 7.11. The van der Waals surface area contributed by atoms with Gasteiger partial charge in [0.2, 0.25) is 0 Å². The van der Waals surface area contributed by atoms with Gasteiger partial charge in [0.1, 0.15) is 24.3 Å². The van der Waals surface area contributed by atoms with Crippen LogP contribution in [0.4, 0.5) is 0 Å². The van der Waals surface area contributed by atoms with E-state index in [1.807, 2.05) is 30.3 Å². The number of hydrogen-bond acceptors (Lipinski definition) is 5. The summed E-state index contributed by atoms with van der Waals surface area (Å²) in [5.41, 5.74) is -0.600. The summed E-state index contributed by atoms with van der Waals surface area (Å²) in [6.45, 7) is 0.891. The third-order valence-corrected chi connectivity index (χ3v) is 3.68. The molecule has 6 nitrogen and oxygen atoms in total. The van der Waals surface area contributed by atoms with E-state index in [2.05, 4.69) is 9.97 Å². The first-order valence-corrected chi connectivity index (χ1v) is 7.11. The highest BCUT2D eigenvalue weighted by atomic mass is 16.5. The first kappa shape index (κ1) is 14.5. The number of ether oxygens (including phenoxy) is 1. The van der Waals surface area contributed by atoms with Crippen LogP contribution in [0.15, 0.2) is 49.1 Å². The van der Waals surface area contributed by atoms with Crippen molar-refractivity contribution in [3.8, 4) is 5.75 Å². The lowest BCUT2D eigenvalue weighted by Gasteiger charge is -2.23. The Morgan fingerprint density at radius 3 is 2.73 bits per heavy atom. The summed E-state index contributed by atoms with van der Waals surface area (Å²) in [4.78, 5) is 21.6. The molecule has 1 unspecified atom stereocenters. The molecule has 2 aromatic rings. The monoisotopic (exact) mass is 299 g/mol. The molecule has 0 bridgehead atoms. The Bertz CT molecular complexity index is 636. The van der Waals surface area contributed by atoms with Crippen LogP contribution in [0.2, 0.25) is 0 Å². The number of carbonyl (C=O) groups excluding carboxylic acids is 1. The molecule has 0 saturated carbocycles. The molecular weight excluding hydrogens is 282 g/mol. The van der Waals surface area contributed by atoms with E-state index in [1.165, 1.54) is 18.7 Å². The zero-order valence-corrected chi connectivity index (χ0v) is 12.1. The van der Waals surface area contributed by atoms with Gasteiger partial charge >= 0.3 is 0 Å². The molecule has 6 heteroatoms. The zero-order chi connectivity index (χ0) is 15.4. The van der Waals surface area contributed by atoms with Gasteiger partial charge < -0.3 is 14.7 Å². The van der Waals surface area contributed by atoms with Crippen LogP contribution in [0.3, 0.4) is 0 Å². The molecule has 22 heavy (non-hydrogen) atoms. The van der Waals surface area contributed by atoms with E-state index < -0.39 is 5.60 Å². The minimum Gasteiger partial charge on any atom is -0.491 e. The topological polar surface area (TPSA) is 75.6 Å². The zero-order valence-electron chi connectivity index (χ0n) is 12.1. The quantitative estimate of drug-likeness (QED) is 0.916. The Balaban J connectivity index is 1.60. The lowest BCUT2D eigenvalue weighted by molar-refractivity contribution is 0.00430. The fourth-order valence-corrected chi connectivity index (χ4v) is 2.47. The predicted molar refractivity (Wildman–Crippen MR) is 79.4 cm³/mol. The largest absolute Gasteiger partial charge is 0.491 e. The van der Waals surface area contributed by atoms with Crippen molar-refractivity contribution >= 4 is 5.91 Å². The van der Waals surface area contributed by atoms with Gasteiger partial charge in [0.25, 0.3) is 5.91 Å². The van der Waals surface area contributed by atoms with E-state index in [-0.39, 0.29) is 19.1 Å². The minimum atomic E-state index is -1.03. The Kier molecular flexibility index (Phi) is 4.02. The summed E-state index contributed by atoms with van der Waals surface area (Å²) >= 11 is 0. The average Bonchev–Trinajstić information content (AvgIpc) is 2.97. The number of aliphatic hydroxyl groups is 1. The number of benzene rings is 1. The van der Waals surface area contributed by atoms with Crippen molar-refractivity contribution in [3.05, 3.63) is 54.6 Å². The molecule has 0 spiro atoms. The summed E-state index contributed by atoms with van der Waals surface area (Å²) in [6, 6.07) is 9.32. The van der Waals surface area contributed by atoms with Crippen LogP contribution in [0.5, 0.6) is 5.75 Å². The van der Waals surface area contributed by atoms with E-state index in [0.717, 1.165) is 0 Å². The van der Waals surface area contributed by atoms with E-state index in [9.17, 15) is 9.90 Å². The van der Waals surface area contributed by atoms with Gasteiger partial charge in [0, 0.05) is 18.9 Å². The van der Waals surface area contributed by atoms with Crippen LogP contribution >= 0.6 is 0 Å². The van der Waals surface area contributed by atoms with Gasteiger partial charge in [-0.15, -0.1) is 0 Å². The Labute approximate surface area is 128 Å². The van der Waals surface area contributed by atoms with Crippen molar-refractivity contribution in [2.45, 2.75) is 12.0 Å². The van der Waals surface area contributed by atoms with Crippen molar-refractivity contribution in [1.29, 1.82) is 0 Å². The molecule has 1 N–H and O–H groups in total. The standard InChI is InChI=1S/C16H17N3O3/c20-15(13-8-17-12-18-9-13)19-7-6-16(21,10-19)11-22-14-4-2-1-3-5-14/h1-5,8-9,12,21H,6-7,10-11H2. The molecule has 1 aliphatic heterocycles. The molecule has 1 amide bonds. The van der Waals surface area contributed by atoms with Gasteiger partial charge in [-0.3, -0.25) is 4.79 Å². The summed E-state index contributed by atoms with van der Waals surface area (Å²) < 4.78 is 5.61. The second-order valence-corrected chi connectivity index (χ2v) is 5.43. The van der Waals surface area contributed by atoms with Gasteiger partial charge in [-0.25, -0.2) is 9.97 Å². The minimum absolute atomic E-state index is 0.159. The lowest BCUT2D eigenvalue weighted by atomic mass is 10.1. The third kappa shape index (κ3) is 3.23. The number of hydrogen-bond donors (Lipinski definition) is 1. The molecule has 3 rings (SSSR count). The van der Waals surface area contributed by atoms with Crippen molar-refractivity contribution in [2.24, 2.45) is 0 Å². The van der Waals surface area contributed by atoms with Crippen LogP contribution < -0.4 is 4.74 Å². The highest BCUT2D eigenvalue weighted by Gasteiger charge is 2.39. The van der Waals surface area contributed by atoms with Crippen LogP contribution in [0, 0.1) is 0 Å². The summed E-state index contributed by atoms with van der Waals surface area (Å²) in [5.74, 6) is 0.536. The number of amides is 1. The van der Waals surface area contributed by atoms with Crippen LogP contribution in [0.1, 0.15) is 16.8 Å². The lowest BCUT2D eigenvalue weighted by Crippen LogP contribution is -2.40. The van der Waals surface area contributed by atoms with Crippen LogP contribution in [0.25, 0.3) is 0 Å². The van der Waals surface area contributed by atoms with E-state index >= 15 is 0 Å². The van der Waals surface area contributed by atoms with Gasteiger partial charge in [-0.2, -0.15) is 0 Å². The summed E-state index contributed by atoms with van der Waals surface area (Å²) in [7, 11) is 0. The summed E-state index contributed by atoms with van der Waals surface area (Å²) in [6.07, 6.45) is 4.82. The van der Waals surface area contributed by atoms with Crippen molar-refractivity contribution in [1.82, 2.24) is 14.9 Å². The molecule has 0 radical (unpaired) electrons. The Hall–Kier alpha value is -2.47. The first-order chi connectivity index (χ1) is 10.7. The maximum atomic E-state index is 12.3. The third-order valence-electron chi connectivity index (χ3n) is 3.68. The van der Waals surface area contributed by atoms with Crippen LogP contribution in [-0.4, -0.2) is 51.2 Å². The second kappa shape index (κ2) is 6.11. The number of β-amino-alcohol motifs (C(OH)–C–C–N with tert-alkyl or cyclic N) is 1. The number of carbonyl (C=O) groups is 1. The number of nitrogens with zero attached hydrogens (tertiary/aromatic N) is 3. The molecule has 1 atom stereocenters. The number of likely N-dealkylation sites (tertiary alicyclic amines) is 1. The van der Waals surface area contributed by atoms with Gasteiger partial charge in [0.15, 0.2) is 0 Å². The summed E-state index contributed by atoms with van der Waals surface area (Å²) in [5, 5.41) is 10.6. The average molecular weight is 299 g/mol. The predicted octanol–water partition coefficient (Wildman–Crippen LogP) is 1.13. The molecule has 114 valence electrons. The normalized spacial score (nSPS) is 20.9. The maximum Gasteiger partial charge on any atom is 0.257 e. The van der Waals surface area contributed by atoms with Crippen LogP contribution in [-0.2, 0) is 0 Å². The molecule has 1 aliphatic rings. The smallest absolute Gasteiger partial charge is 0.257 e. The van der Waals surface area contributed by atoms with Crippen molar-refractivity contribution < 1.29 is 14.6 Å². The number of aromatic nitrogens is 2. The van der Waals surface area contributed by atoms with E-state index in [0.29, 0.717) is 24.3 Å². The van der Waals surface area contributed by atoms with Crippen molar-refractivity contribution in [3.63, 3.8) is 0 Å². The molecule has 1 saturated heterocycles. The fourth-order valence-electron chi connectivity index (χ4n) is 2.47. The Morgan fingerprint density at radius 1 is 1.27 bits per heavy atom. The maximum absolute atomic E-state index is 12.3. The molecule has 0 aliphatic carbocycles. The SMILES string of the molecule is O=C(c1cncnc1)N1CCC(O)(COc2ccccc2)C1. The van der Waals surface area contributed by atoms with Gasteiger partial charge in [-0.1, -0.05) is 18.2 Å². The molecular formula is C16H17N3O3. The highest BCUT2D eigenvalue weighted by molar-refractivity contribution is 5.93.